The third kappa shape index (κ3) is 31.5. The van der Waals surface area contributed by atoms with Crippen molar-refractivity contribution in [2.24, 2.45) is 5.41 Å². The average Bonchev–Trinajstić information content (AvgIpc) is 2.09. The van der Waals surface area contributed by atoms with Crippen LogP contribution in [0, 0.1) is 5.41 Å². The van der Waals surface area contributed by atoms with Gasteiger partial charge in [-0.1, -0.05) is 164 Å². The summed E-state index contributed by atoms with van der Waals surface area (Å²) in [6.45, 7) is 2.48. The zero-order valence-electron chi connectivity index (χ0n) is 48.6. The number of carbonyl (C=O) groups is 4. The Morgan fingerprint density at radius 2 is 1.30 bits per heavy atom. The molecule has 84 heavy (non-hydrogen) atoms. The lowest BCUT2D eigenvalue weighted by Gasteiger charge is -2.30. The number of phosphoric acid groups is 3. The van der Waals surface area contributed by atoms with Crippen LogP contribution in [0.4, 0.5) is 5.82 Å². The first-order valence-corrected chi connectivity index (χ1v) is 34.3. The fourth-order valence-corrected chi connectivity index (χ4v) is 12.0. The van der Waals surface area contributed by atoms with Crippen LogP contribution in [0.5, 0.6) is 0 Å². The summed E-state index contributed by atoms with van der Waals surface area (Å²) in [5, 5.41) is 26.3. The van der Waals surface area contributed by atoms with Crippen molar-refractivity contribution >= 4 is 74.9 Å². The van der Waals surface area contributed by atoms with Gasteiger partial charge in [-0.15, -0.1) is 0 Å². The number of rotatable bonds is 46. The van der Waals surface area contributed by atoms with E-state index < -0.39 is 84.6 Å². The largest absolute Gasteiger partial charge is 0.481 e. The summed E-state index contributed by atoms with van der Waals surface area (Å²) in [5.41, 5.74) is 4.25. The Balaban J connectivity index is 1.16. The standard InChI is InChI=1S/C55H90N7O18P3S/c1-4-5-6-7-8-9-10-11-12-13-14-15-16-17-18-19-20-21-22-23-24-25-26-27-28-29-30-31-32-33-43(63)38-46(65)84-37-36-57-45(64)34-35-58-53(68)50(67)55(2,3)40-77-83(74,75)80-82(72,73)76-39-44-49(79-81(69,70)71)48(66)54(78-44)62-42-61-47-51(56)59-41-60-52(47)62/h5-6,8-9,11-12,14-15,17-18,41-42,44,48-50,54,66-67H,4,7,10,13,16,19-40H2,1-3H3,(H,57,64)(H,58,68)(H,72,73)(H,74,75)(H2,56,59,60)(H2,69,70,71)/b6-5-,9-8-,12-11-,15-14-,18-17-/t44-,48-,49-,50+,54-/m1/s1. The van der Waals surface area contributed by atoms with Crippen molar-refractivity contribution < 1.29 is 85.3 Å². The summed E-state index contributed by atoms with van der Waals surface area (Å²) >= 11 is 0.941. The van der Waals surface area contributed by atoms with Crippen LogP contribution >= 0.6 is 35.2 Å². The molecule has 1 fully saturated rings. The Morgan fingerprint density at radius 3 is 1.88 bits per heavy atom. The van der Waals surface area contributed by atoms with Crippen LogP contribution in [0.15, 0.2) is 73.4 Å². The number of imidazole rings is 1. The highest BCUT2D eigenvalue weighted by Crippen LogP contribution is 2.61. The minimum absolute atomic E-state index is 0.0255. The third-order valence-electron chi connectivity index (χ3n) is 13.1. The van der Waals surface area contributed by atoms with Gasteiger partial charge in [-0.25, -0.2) is 28.6 Å². The van der Waals surface area contributed by atoms with Gasteiger partial charge in [-0.2, -0.15) is 4.31 Å². The van der Waals surface area contributed by atoms with Gasteiger partial charge in [0, 0.05) is 37.1 Å². The number of Topliss-reactive ketones (excluding diaryl/α,β-unsaturated/α-hetero) is 1. The Labute approximate surface area is 497 Å². The number of ether oxygens (including phenoxy) is 1. The number of aliphatic hydroxyl groups is 2. The van der Waals surface area contributed by atoms with E-state index >= 15 is 0 Å². The number of nitrogens with two attached hydrogens (primary N) is 1. The first-order chi connectivity index (χ1) is 39.9. The van der Waals surface area contributed by atoms with Crippen molar-refractivity contribution in [2.45, 2.75) is 193 Å². The summed E-state index contributed by atoms with van der Waals surface area (Å²) in [7, 11) is -16.5. The first-order valence-electron chi connectivity index (χ1n) is 28.8. The van der Waals surface area contributed by atoms with Crippen molar-refractivity contribution in [3.8, 4) is 0 Å². The molecule has 1 aliphatic heterocycles. The highest BCUT2D eigenvalue weighted by molar-refractivity contribution is 8.13. The van der Waals surface area contributed by atoms with Crippen LogP contribution in [0.2, 0.25) is 0 Å². The molecule has 0 saturated carbocycles. The van der Waals surface area contributed by atoms with Crippen molar-refractivity contribution in [3.63, 3.8) is 0 Å². The van der Waals surface area contributed by atoms with E-state index in [1.54, 1.807) is 0 Å². The smallest absolute Gasteiger partial charge is 0.386 e. The number of hydrogen-bond acceptors (Lipinski definition) is 19. The number of nitrogens with zero attached hydrogens (tertiary/aromatic N) is 4. The molecule has 2 unspecified atom stereocenters. The van der Waals surface area contributed by atoms with Crippen LogP contribution in [-0.4, -0.2) is 128 Å². The van der Waals surface area contributed by atoms with Crippen LogP contribution in [0.3, 0.4) is 0 Å². The summed E-state index contributed by atoms with van der Waals surface area (Å²) in [5.74, 6) is -1.40. The number of aromatic nitrogens is 4. The molecule has 3 rings (SSSR count). The van der Waals surface area contributed by atoms with Crippen LogP contribution in [-0.2, 0) is 55.5 Å². The number of nitrogens with one attached hydrogen (secondary N) is 2. The molecule has 0 aromatic carbocycles. The Bertz CT molecular complexity index is 2610. The summed E-state index contributed by atoms with van der Waals surface area (Å²) in [6, 6.07) is 0. The first kappa shape index (κ1) is 74.2. The third-order valence-corrected chi connectivity index (χ3v) is 17.1. The predicted molar refractivity (Wildman–Crippen MR) is 320 cm³/mol. The SMILES string of the molecule is CC/C=C\C/C=C\C/C=C\C/C=C\C/C=C\CCCCCCCCCCCCCCCC(=O)CC(=O)SCCNC(=O)CCNC(=O)[C@H](O)C(C)(C)COP(=O)(O)OP(=O)(O)OC[C@H]1O[C@@H](n2cnc3c(N)ncnc32)[C@H](O)[C@@H]1OP(=O)(O)O. The summed E-state index contributed by atoms with van der Waals surface area (Å²) < 4.78 is 62.6. The molecule has 7 atom stereocenters. The maximum Gasteiger partial charge on any atom is 0.481 e. The van der Waals surface area contributed by atoms with Gasteiger partial charge in [-0.3, -0.25) is 37.3 Å². The average molecular weight is 1260 g/mol. The molecule has 0 bridgehead atoms. The van der Waals surface area contributed by atoms with E-state index in [9.17, 15) is 62.7 Å². The normalized spacial score (nSPS) is 18.9. The van der Waals surface area contributed by atoms with Gasteiger partial charge in [0.15, 0.2) is 22.8 Å². The number of anilines is 1. The number of phosphoric ester groups is 3. The summed E-state index contributed by atoms with van der Waals surface area (Å²) in [6.07, 6.45) is 37.0. The number of allylic oxidation sites excluding steroid dienone is 10. The molecular formula is C55H90N7O18P3S. The van der Waals surface area contributed by atoms with E-state index in [1.807, 2.05) is 0 Å². The second kappa shape index (κ2) is 40.4. The molecule has 10 N–H and O–H groups in total. The van der Waals surface area contributed by atoms with Gasteiger partial charge in [0.05, 0.1) is 26.0 Å². The van der Waals surface area contributed by atoms with Crippen molar-refractivity contribution in [3.05, 3.63) is 73.4 Å². The lowest BCUT2D eigenvalue weighted by molar-refractivity contribution is -0.137. The van der Waals surface area contributed by atoms with E-state index in [0.717, 1.165) is 93.2 Å². The van der Waals surface area contributed by atoms with E-state index in [0.29, 0.717) is 6.42 Å². The van der Waals surface area contributed by atoms with Crippen molar-refractivity contribution in [2.75, 3.05) is 37.8 Å². The number of unbranched alkanes of at least 4 members (excludes halogenated alkanes) is 13. The fourth-order valence-electron chi connectivity index (χ4n) is 8.49. The topological polar surface area (TPSA) is 381 Å². The predicted octanol–water partition coefficient (Wildman–Crippen LogP) is 9.23. The van der Waals surface area contributed by atoms with Gasteiger partial charge in [-0.05, 0) is 51.4 Å². The quantitative estimate of drug-likeness (QED) is 0.0129. The Morgan fingerprint density at radius 1 is 0.750 bits per heavy atom. The minimum atomic E-state index is -5.60. The lowest BCUT2D eigenvalue weighted by atomic mass is 9.87. The number of amides is 2. The van der Waals surface area contributed by atoms with Gasteiger partial charge in [0.2, 0.25) is 11.8 Å². The molecule has 0 aliphatic carbocycles. The van der Waals surface area contributed by atoms with E-state index in [1.165, 1.54) is 71.6 Å². The van der Waals surface area contributed by atoms with E-state index in [2.05, 4.69) is 102 Å². The monoisotopic (exact) mass is 1260 g/mol. The number of hydrogen-bond donors (Lipinski definition) is 9. The minimum Gasteiger partial charge on any atom is -0.386 e. The molecule has 25 nitrogen and oxygen atoms in total. The molecule has 474 valence electrons. The number of fused-ring (bicyclic) bond motifs is 1. The molecule has 29 heteroatoms. The second-order valence-electron chi connectivity index (χ2n) is 20.8. The van der Waals surface area contributed by atoms with Crippen LogP contribution < -0.4 is 16.4 Å². The van der Waals surface area contributed by atoms with Gasteiger partial charge in [0.1, 0.15) is 42.0 Å². The second-order valence-corrected chi connectivity index (χ2v) is 26.2. The van der Waals surface area contributed by atoms with E-state index in [4.69, 9.17) is 19.5 Å². The lowest BCUT2D eigenvalue weighted by Crippen LogP contribution is -2.46. The van der Waals surface area contributed by atoms with Gasteiger partial charge in [0.25, 0.3) is 0 Å². The van der Waals surface area contributed by atoms with Crippen LogP contribution in [0.1, 0.15) is 168 Å². The number of nitrogen functional groups attached to an aromatic ring is 1. The molecule has 2 aromatic heterocycles. The van der Waals surface area contributed by atoms with Crippen molar-refractivity contribution in [1.29, 1.82) is 0 Å². The number of thioether (sulfide) groups is 1. The maximum atomic E-state index is 12.8. The molecule has 3 heterocycles. The fraction of sp³-hybridized carbons (Fsp3) is 0.655. The molecule has 2 aromatic rings. The van der Waals surface area contributed by atoms with E-state index in [-0.39, 0.29) is 59.6 Å². The zero-order valence-corrected chi connectivity index (χ0v) is 52.1. The maximum absolute atomic E-state index is 12.8. The highest BCUT2D eigenvalue weighted by atomic mass is 32.2. The summed E-state index contributed by atoms with van der Waals surface area (Å²) in [4.78, 5) is 101. The Hall–Kier alpha value is -4.07. The van der Waals surface area contributed by atoms with Gasteiger partial charge < -0.3 is 50.9 Å². The zero-order chi connectivity index (χ0) is 61.9. The van der Waals surface area contributed by atoms with Crippen LogP contribution in [0.25, 0.3) is 11.2 Å². The number of ketones is 1. The highest BCUT2D eigenvalue weighted by Gasteiger charge is 2.50. The molecule has 1 saturated heterocycles. The van der Waals surface area contributed by atoms with Crippen molar-refractivity contribution in [1.82, 2.24) is 30.2 Å². The van der Waals surface area contributed by atoms with Gasteiger partial charge >= 0.3 is 23.5 Å². The molecule has 1 aliphatic rings. The molecule has 0 spiro atoms. The Kier molecular flexibility index (Phi) is 35.7. The number of carbonyl (C=O) groups excluding carboxylic acids is 4. The molecule has 2 amide bonds. The number of aliphatic hydroxyl groups excluding tert-OH is 2. The molecular weight excluding hydrogens is 1170 g/mol. The molecule has 0 radical (unpaired) electrons.